The number of nitrogens with two attached hydrogens (primary N) is 1. The predicted molar refractivity (Wildman–Crippen MR) is 69.8 cm³/mol. The molecule has 92 valence electrons. The number of likely N-dealkylation sites (N-methyl/N-ethyl adjacent to an activating group) is 1. The van der Waals surface area contributed by atoms with E-state index in [0.717, 1.165) is 13.2 Å². The standard InChI is InChI=1S/C12H22N2OS/c1-4-14(10(2)9-15-3)11(8-13)12-6-5-7-16-12/h5-7,10-11H,4,8-9,13H2,1-3H3. The van der Waals surface area contributed by atoms with Gasteiger partial charge in [0, 0.05) is 24.6 Å². The zero-order chi connectivity index (χ0) is 12.0. The van der Waals surface area contributed by atoms with Crippen LogP contribution in [0.4, 0.5) is 0 Å². The van der Waals surface area contributed by atoms with Gasteiger partial charge in [0.15, 0.2) is 0 Å². The van der Waals surface area contributed by atoms with Crippen molar-refractivity contribution in [2.45, 2.75) is 25.9 Å². The van der Waals surface area contributed by atoms with Gasteiger partial charge in [0.25, 0.3) is 0 Å². The summed E-state index contributed by atoms with van der Waals surface area (Å²) in [5.41, 5.74) is 5.90. The van der Waals surface area contributed by atoms with Crippen LogP contribution in [0.3, 0.4) is 0 Å². The van der Waals surface area contributed by atoms with Gasteiger partial charge in [0.05, 0.1) is 12.6 Å². The Morgan fingerprint density at radius 3 is 2.75 bits per heavy atom. The highest BCUT2D eigenvalue weighted by atomic mass is 32.1. The molecule has 1 aromatic rings. The summed E-state index contributed by atoms with van der Waals surface area (Å²) in [6.45, 7) is 6.74. The highest BCUT2D eigenvalue weighted by Crippen LogP contribution is 2.25. The van der Waals surface area contributed by atoms with E-state index in [1.54, 1.807) is 18.4 Å². The van der Waals surface area contributed by atoms with E-state index in [4.69, 9.17) is 10.5 Å². The number of rotatable bonds is 7. The summed E-state index contributed by atoms with van der Waals surface area (Å²) >= 11 is 1.77. The molecule has 0 fully saturated rings. The van der Waals surface area contributed by atoms with Crippen molar-refractivity contribution in [2.75, 3.05) is 26.8 Å². The zero-order valence-corrected chi connectivity index (χ0v) is 11.2. The molecule has 4 heteroatoms. The van der Waals surface area contributed by atoms with Crippen LogP contribution in [-0.4, -0.2) is 37.7 Å². The molecule has 0 aromatic carbocycles. The van der Waals surface area contributed by atoms with Gasteiger partial charge in [-0.15, -0.1) is 11.3 Å². The second kappa shape index (κ2) is 7.01. The van der Waals surface area contributed by atoms with E-state index in [1.807, 2.05) is 0 Å². The van der Waals surface area contributed by atoms with Crippen molar-refractivity contribution in [1.82, 2.24) is 4.90 Å². The lowest BCUT2D eigenvalue weighted by atomic mass is 10.1. The topological polar surface area (TPSA) is 38.5 Å². The van der Waals surface area contributed by atoms with Crippen molar-refractivity contribution < 1.29 is 4.74 Å². The maximum absolute atomic E-state index is 5.90. The molecular weight excluding hydrogens is 220 g/mol. The lowest BCUT2D eigenvalue weighted by Gasteiger charge is -2.34. The summed E-state index contributed by atoms with van der Waals surface area (Å²) in [5, 5.41) is 2.10. The number of hydrogen-bond donors (Lipinski definition) is 1. The molecule has 0 spiro atoms. The third-order valence-electron chi connectivity index (χ3n) is 2.83. The number of ether oxygens (including phenoxy) is 1. The van der Waals surface area contributed by atoms with E-state index in [0.29, 0.717) is 18.6 Å². The first-order valence-electron chi connectivity index (χ1n) is 5.72. The molecule has 0 saturated heterocycles. The Bertz CT molecular complexity index is 277. The quantitative estimate of drug-likeness (QED) is 0.796. The van der Waals surface area contributed by atoms with Crippen molar-refractivity contribution in [3.05, 3.63) is 22.4 Å². The monoisotopic (exact) mass is 242 g/mol. The molecule has 0 amide bonds. The van der Waals surface area contributed by atoms with E-state index in [1.165, 1.54) is 4.88 Å². The first kappa shape index (κ1) is 13.6. The van der Waals surface area contributed by atoms with Gasteiger partial charge in [-0.2, -0.15) is 0 Å². The van der Waals surface area contributed by atoms with Crippen molar-refractivity contribution in [3.8, 4) is 0 Å². The predicted octanol–water partition coefficient (Wildman–Crippen LogP) is 2.10. The maximum Gasteiger partial charge on any atom is 0.0615 e. The van der Waals surface area contributed by atoms with E-state index in [2.05, 4.69) is 36.3 Å². The van der Waals surface area contributed by atoms with Crippen LogP contribution in [0.15, 0.2) is 17.5 Å². The summed E-state index contributed by atoms with van der Waals surface area (Å²) in [6.07, 6.45) is 0. The van der Waals surface area contributed by atoms with Crippen LogP contribution in [0, 0.1) is 0 Å². The van der Waals surface area contributed by atoms with Gasteiger partial charge in [-0.3, -0.25) is 4.90 Å². The van der Waals surface area contributed by atoms with Crippen LogP contribution in [0.5, 0.6) is 0 Å². The van der Waals surface area contributed by atoms with Crippen molar-refractivity contribution >= 4 is 11.3 Å². The van der Waals surface area contributed by atoms with Crippen LogP contribution >= 0.6 is 11.3 Å². The molecule has 0 bridgehead atoms. The fourth-order valence-corrected chi connectivity index (χ4v) is 2.93. The summed E-state index contributed by atoms with van der Waals surface area (Å²) in [4.78, 5) is 3.74. The molecular formula is C12H22N2OS. The summed E-state index contributed by atoms with van der Waals surface area (Å²) in [5.74, 6) is 0. The number of nitrogens with zero attached hydrogens (tertiary/aromatic N) is 1. The average Bonchev–Trinajstić information content (AvgIpc) is 2.79. The SMILES string of the molecule is CCN(C(C)COC)C(CN)c1cccs1. The minimum absolute atomic E-state index is 0.315. The van der Waals surface area contributed by atoms with Gasteiger partial charge in [-0.1, -0.05) is 13.0 Å². The molecule has 1 aromatic heterocycles. The van der Waals surface area contributed by atoms with Gasteiger partial charge in [-0.25, -0.2) is 0 Å². The summed E-state index contributed by atoms with van der Waals surface area (Å²) in [6, 6.07) is 4.95. The number of hydrogen-bond acceptors (Lipinski definition) is 4. The highest BCUT2D eigenvalue weighted by molar-refractivity contribution is 7.10. The summed E-state index contributed by atoms with van der Waals surface area (Å²) < 4.78 is 5.22. The minimum atomic E-state index is 0.315. The molecule has 16 heavy (non-hydrogen) atoms. The third kappa shape index (κ3) is 3.28. The Hall–Kier alpha value is -0.420. The Balaban J connectivity index is 2.76. The Morgan fingerprint density at radius 2 is 2.31 bits per heavy atom. The van der Waals surface area contributed by atoms with Crippen LogP contribution in [-0.2, 0) is 4.74 Å². The molecule has 0 aliphatic heterocycles. The first-order chi connectivity index (χ1) is 7.74. The average molecular weight is 242 g/mol. The number of methoxy groups -OCH3 is 1. The van der Waals surface area contributed by atoms with Gasteiger partial charge < -0.3 is 10.5 Å². The minimum Gasteiger partial charge on any atom is -0.383 e. The van der Waals surface area contributed by atoms with Crippen LogP contribution in [0.2, 0.25) is 0 Å². The lowest BCUT2D eigenvalue weighted by Crippen LogP contribution is -2.41. The molecule has 0 aliphatic carbocycles. The molecule has 2 N–H and O–H groups in total. The van der Waals surface area contributed by atoms with E-state index in [-0.39, 0.29) is 0 Å². The van der Waals surface area contributed by atoms with Crippen molar-refractivity contribution in [1.29, 1.82) is 0 Å². The van der Waals surface area contributed by atoms with Gasteiger partial charge in [0.2, 0.25) is 0 Å². The molecule has 0 radical (unpaired) electrons. The molecule has 1 rings (SSSR count). The second-order valence-corrected chi connectivity index (χ2v) is 4.88. The summed E-state index contributed by atoms with van der Waals surface area (Å²) in [7, 11) is 1.74. The van der Waals surface area contributed by atoms with Crippen molar-refractivity contribution in [2.24, 2.45) is 5.73 Å². The Kier molecular flexibility index (Phi) is 5.98. The number of thiophene rings is 1. The third-order valence-corrected chi connectivity index (χ3v) is 3.81. The largest absolute Gasteiger partial charge is 0.383 e. The Morgan fingerprint density at radius 1 is 1.56 bits per heavy atom. The van der Waals surface area contributed by atoms with Crippen molar-refractivity contribution in [3.63, 3.8) is 0 Å². The van der Waals surface area contributed by atoms with E-state index >= 15 is 0 Å². The Labute approximate surface area is 102 Å². The van der Waals surface area contributed by atoms with Crippen LogP contribution in [0.1, 0.15) is 24.8 Å². The molecule has 2 unspecified atom stereocenters. The molecule has 3 nitrogen and oxygen atoms in total. The second-order valence-electron chi connectivity index (χ2n) is 3.90. The lowest BCUT2D eigenvalue weighted by molar-refractivity contribution is 0.0762. The van der Waals surface area contributed by atoms with Gasteiger partial charge in [-0.05, 0) is 24.9 Å². The van der Waals surface area contributed by atoms with Gasteiger partial charge in [0.1, 0.15) is 0 Å². The van der Waals surface area contributed by atoms with Crippen LogP contribution in [0.25, 0.3) is 0 Å². The fourth-order valence-electron chi connectivity index (χ4n) is 2.07. The smallest absolute Gasteiger partial charge is 0.0615 e. The highest BCUT2D eigenvalue weighted by Gasteiger charge is 2.23. The zero-order valence-electron chi connectivity index (χ0n) is 10.3. The molecule has 0 saturated carbocycles. The van der Waals surface area contributed by atoms with Crippen LogP contribution < -0.4 is 5.73 Å². The maximum atomic E-state index is 5.90. The normalized spacial score (nSPS) is 15.3. The van der Waals surface area contributed by atoms with Gasteiger partial charge >= 0.3 is 0 Å². The first-order valence-corrected chi connectivity index (χ1v) is 6.60. The molecule has 0 aliphatic rings. The van der Waals surface area contributed by atoms with E-state index in [9.17, 15) is 0 Å². The molecule has 2 atom stereocenters. The molecule has 1 heterocycles. The fraction of sp³-hybridized carbons (Fsp3) is 0.667. The van der Waals surface area contributed by atoms with E-state index < -0.39 is 0 Å².